The predicted octanol–water partition coefficient (Wildman–Crippen LogP) is 3.53. The number of nitrogens with one attached hydrogen (secondary N) is 2. The van der Waals surface area contributed by atoms with Crippen molar-refractivity contribution in [3.05, 3.63) is 29.8 Å². The molecule has 10 nitrogen and oxygen atoms in total. The van der Waals surface area contributed by atoms with Crippen molar-refractivity contribution in [2.75, 3.05) is 6.54 Å². The van der Waals surface area contributed by atoms with Gasteiger partial charge in [0.25, 0.3) is 0 Å². The highest BCUT2D eigenvalue weighted by Gasteiger charge is 2.36. The molecule has 0 bridgehead atoms. The molecular weight excluding hydrogens is 476 g/mol. The van der Waals surface area contributed by atoms with Gasteiger partial charge in [0.05, 0.1) is 0 Å². The van der Waals surface area contributed by atoms with Gasteiger partial charge in [-0.1, -0.05) is 38.3 Å². The Labute approximate surface area is 220 Å². The number of primary amides is 1. The summed E-state index contributed by atoms with van der Waals surface area (Å²) in [5.41, 5.74) is 5.04. The van der Waals surface area contributed by atoms with Crippen LogP contribution in [0, 0.1) is 0 Å². The van der Waals surface area contributed by atoms with Crippen LogP contribution < -0.4 is 16.4 Å². The average Bonchev–Trinajstić information content (AvgIpc) is 2.77. The van der Waals surface area contributed by atoms with Gasteiger partial charge in [0.1, 0.15) is 23.4 Å². The maximum Gasteiger partial charge on any atom is 0.408 e. The molecule has 0 aliphatic rings. The molecule has 37 heavy (non-hydrogen) atoms. The summed E-state index contributed by atoms with van der Waals surface area (Å²) in [5.74, 6) is -1.51. The fourth-order valence-corrected chi connectivity index (χ4v) is 3.76. The minimum absolute atomic E-state index is 0.0264. The SMILES string of the molecule is CCCCCCN(C(=O)C(CCC(N)=O)NC(=O)OC(C)(C)C)C(C(=O)NC(C)C)c1ccc(O)cc1. The normalized spacial score (nSPS) is 12.9. The third-order valence-corrected chi connectivity index (χ3v) is 5.40. The third-order valence-electron chi connectivity index (χ3n) is 5.40. The number of carbonyl (C=O) groups excluding carboxylic acids is 4. The molecule has 0 aromatic heterocycles. The Morgan fingerprint density at radius 1 is 1.03 bits per heavy atom. The molecule has 0 spiro atoms. The van der Waals surface area contributed by atoms with Crippen molar-refractivity contribution in [3.63, 3.8) is 0 Å². The standard InChI is InChI=1S/C27H44N4O6/c1-7-8-9-10-17-31(23(24(34)29-18(2)3)19-11-13-20(32)14-12-19)25(35)21(15-16-22(28)33)30-26(36)37-27(4,5)6/h11-14,18,21,23,32H,7-10,15-17H2,1-6H3,(H2,28,33)(H,29,34)(H,30,36). The number of unbranched alkanes of at least 4 members (excludes halogenated alkanes) is 3. The summed E-state index contributed by atoms with van der Waals surface area (Å²) in [6.45, 7) is 11.1. The zero-order chi connectivity index (χ0) is 28.2. The highest BCUT2D eigenvalue weighted by atomic mass is 16.6. The number of ether oxygens (including phenoxy) is 1. The van der Waals surface area contributed by atoms with Gasteiger partial charge in [0, 0.05) is 19.0 Å². The molecule has 4 amide bonds. The summed E-state index contributed by atoms with van der Waals surface area (Å²) in [4.78, 5) is 52.9. The van der Waals surface area contributed by atoms with Crippen molar-refractivity contribution in [1.82, 2.24) is 15.5 Å². The number of aromatic hydroxyl groups is 1. The Morgan fingerprint density at radius 2 is 1.65 bits per heavy atom. The first-order chi connectivity index (χ1) is 17.2. The van der Waals surface area contributed by atoms with E-state index in [9.17, 15) is 24.3 Å². The quantitative estimate of drug-likeness (QED) is 0.276. The number of phenols is 1. The first-order valence-corrected chi connectivity index (χ1v) is 12.9. The smallest absolute Gasteiger partial charge is 0.408 e. The van der Waals surface area contributed by atoms with Crippen molar-refractivity contribution in [2.24, 2.45) is 5.73 Å². The van der Waals surface area contributed by atoms with Crippen LogP contribution in [0.15, 0.2) is 24.3 Å². The molecule has 0 radical (unpaired) electrons. The summed E-state index contributed by atoms with van der Waals surface area (Å²) in [7, 11) is 0. The monoisotopic (exact) mass is 520 g/mol. The molecule has 1 rings (SSSR count). The van der Waals surface area contributed by atoms with Gasteiger partial charge in [-0.05, 0) is 65.2 Å². The highest BCUT2D eigenvalue weighted by Crippen LogP contribution is 2.26. The lowest BCUT2D eigenvalue weighted by Crippen LogP contribution is -2.54. The summed E-state index contributed by atoms with van der Waals surface area (Å²) in [6, 6.07) is 3.74. The van der Waals surface area contributed by atoms with Crippen molar-refractivity contribution in [1.29, 1.82) is 0 Å². The lowest BCUT2D eigenvalue weighted by molar-refractivity contribution is -0.143. The maximum absolute atomic E-state index is 14.0. The zero-order valence-electron chi connectivity index (χ0n) is 23.0. The van der Waals surface area contributed by atoms with Crippen LogP contribution in [0.25, 0.3) is 0 Å². The molecule has 2 unspecified atom stereocenters. The largest absolute Gasteiger partial charge is 0.508 e. The number of alkyl carbamates (subject to hydrolysis) is 1. The van der Waals surface area contributed by atoms with Crippen molar-refractivity contribution >= 4 is 23.8 Å². The summed E-state index contributed by atoms with van der Waals surface area (Å²) >= 11 is 0. The summed E-state index contributed by atoms with van der Waals surface area (Å²) in [6.07, 6.45) is 2.44. The first-order valence-electron chi connectivity index (χ1n) is 12.9. The Hall–Kier alpha value is -3.30. The average molecular weight is 521 g/mol. The van der Waals surface area contributed by atoms with E-state index in [1.54, 1.807) is 32.9 Å². The van der Waals surface area contributed by atoms with Crippen molar-refractivity contribution in [3.8, 4) is 5.75 Å². The molecule has 10 heteroatoms. The van der Waals surface area contributed by atoms with Gasteiger partial charge in [0.2, 0.25) is 17.7 Å². The van der Waals surface area contributed by atoms with Crippen LogP contribution in [-0.2, 0) is 19.1 Å². The van der Waals surface area contributed by atoms with E-state index in [-0.39, 0.29) is 31.2 Å². The van der Waals surface area contributed by atoms with Gasteiger partial charge in [-0.25, -0.2) is 4.79 Å². The molecule has 1 aromatic carbocycles. The van der Waals surface area contributed by atoms with E-state index in [0.29, 0.717) is 12.0 Å². The Kier molecular flexibility index (Phi) is 12.9. The van der Waals surface area contributed by atoms with Gasteiger partial charge in [-0.15, -0.1) is 0 Å². The second kappa shape index (κ2) is 15.1. The van der Waals surface area contributed by atoms with Crippen LogP contribution in [-0.4, -0.2) is 58.1 Å². The first kappa shape index (κ1) is 31.7. The second-order valence-electron chi connectivity index (χ2n) is 10.5. The number of benzene rings is 1. The fourth-order valence-electron chi connectivity index (χ4n) is 3.76. The van der Waals surface area contributed by atoms with Gasteiger partial charge in [-0.3, -0.25) is 14.4 Å². The molecule has 0 heterocycles. The molecule has 0 saturated heterocycles. The molecular formula is C27H44N4O6. The van der Waals surface area contributed by atoms with Gasteiger partial charge in [0.15, 0.2) is 0 Å². The summed E-state index contributed by atoms with van der Waals surface area (Å²) < 4.78 is 5.33. The number of hydrogen-bond donors (Lipinski definition) is 4. The Bertz CT molecular complexity index is 895. The fraction of sp³-hybridized carbons (Fsp3) is 0.630. The predicted molar refractivity (Wildman–Crippen MR) is 142 cm³/mol. The number of nitrogens with zero attached hydrogens (tertiary/aromatic N) is 1. The van der Waals surface area contributed by atoms with Crippen molar-refractivity contribution in [2.45, 2.75) is 104 Å². The number of amides is 4. The van der Waals surface area contributed by atoms with Gasteiger partial charge >= 0.3 is 6.09 Å². The number of carbonyl (C=O) groups is 4. The minimum Gasteiger partial charge on any atom is -0.508 e. The molecule has 5 N–H and O–H groups in total. The van der Waals surface area contributed by atoms with E-state index < -0.39 is 41.5 Å². The lowest BCUT2D eigenvalue weighted by Gasteiger charge is -2.35. The van der Waals surface area contributed by atoms with E-state index in [1.807, 2.05) is 13.8 Å². The Balaban J connectivity index is 3.46. The second-order valence-corrected chi connectivity index (χ2v) is 10.5. The molecule has 208 valence electrons. The van der Waals surface area contributed by atoms with Crippen LogP contribution in [0.3, 0.4) is 0 Å². The lowest BCUT2D eigenvalue weighted by atomic mass is 10.0. The molecule has 0 fully saturated rings. The molecule has 1 aromatic rings. The van der Waals surface area contributed by atoms with Crippen molar-refractivity contribution < 1.29 is 29.0 Å². The topological polar surface area (TPSA) is 151 Å². The number of nitrogens with two attached hydrogens (primary N) is 1. The van der Waals surface area contributed by atoms with Crippen LogP contribution in [0.4, 0.5) is 4.79 Å². The van der Waals surface area contributed by atoms with Crippen LogP contribution in [0.1, 0.15) is 91.7 Å². The van der Waals surface area contributed by atoms with Crippen LogP contribution in [0.5, 0.6) is 5.75 Å². The van der Waals surface area contributed by atoms with Gasteiger partial charge < -0.3 is 31.1 Å². The Morgan fingerprint density at radius 3 is 2.16 bits per heavy atom. The molecule has 0 saturated carbocycles. The van der Waals surface area contributed by atoms with E-state index in [2.05, 4.69) is 17.6 Å². The number of hydrogen-bond acceptors (Lipinski definition) is 6. The van der Waals surface area contributed by atoms with E-state index in [1.165, 1.54) is 17.0 Å². The summed E-state index contributed by atoms with van der Waals surface area (Å²) in [5, 5.41) is 15.2. The zero-order valence-corrected chi connectivity index (χ0v) is 23.0. The molecule has 0 aliphatic heterocycles. The maximum atomic E-state index is 14.0. The number of rotatable bonds is 14. The van der Waals surface area contributed by atoms with E-state index >= 15 is 0 Å². The van der Waals surface area contributed by atoms with E-state index in [4.69, 9.17) is 10.5 Å². The molecule has 0 aliphatic carbocycles. The van der Waals surface area contributed by atoms with Crippen LogP contribution in [0.2, 0.25) is 0 Å². The van der Waals surface area contributed by atoms with E-state index in [0.717, 1.165) is 19.3 Å². The highest BCUT2D eigenvalue weighted by molar-refractivity contribution is 5.92. The number of phenolic OH excluding ortho intramolecular Hbond substituents is 1. The molecule has 2 atom stereocenters. The van der Waals surface area contributed by atoms with Crippen LogP contribution >= 0.6 is 0 Å². The minimum atomic E-state index is -1.14. The third kappa shape index (κ3) is 12.0. The van der Waals surface area contributed by atoms with Gasteiger partial charge in [-0.2, -0.15) is 0 Å².